The minimum Gasteiger partial charge on any atom is -0.508 e. The van der Waals surface area contributed by atoms with Gasteiger partial charge in [-0.15, -0.1) is 0 Å². The van der Waals surface area contributed by atoms with Crippen LogP contribution in [0.15, 0.2) is 78.9 Å². The lowest BCUT2D eigenvalue weighted by Crippen LogP contribution is -2.51. The Kier molecular flexibility index (Phi) is 10.9. The average molecular weight is 516 g/mol. The van der Waals surface area contributed by atoms with Gasteiger partial charge in [0.1, 0.15) is 17.6 Å². The largest absolute Gasteiger partial charge is 0.508 e. The molecule has 2 atom stereocenters. The van der Waals surface area contributed by atoms with Crippen molar-refractivity contribution >= 4 is 17.6 Å². The van der Waals surface area contributed by atoms with Gasteiger partial charge in [-0.25, -0.2) is 0 Å². The van der Waals surface area contributed by atoms with Crippen molar-refractivity contribution in [1.82, 2.24) is 16.0 Å². The number of amidine groups is 1. The van der Waals surface area contributed by atoms with Gasteiger partial charge in [-0.2, -0.15) is 0 Å². The lowest BCUT2D eigenvalue weighted by molar-refractivity contribution is -0.129. The summed E-state index contributed by atoms with van der Waals surface area (Å²) in [5, 5.41) is 26.0. The first-order valence-corrected chi connectivity index (χ1v) is 12.9. The highest BCUT2D eigenvalue weighted by Crippen LogP contribution is 2.11. The van der Waals surface area contributed by atoms with E-state index in [4.69, 9.17) is 11.1 Å². The summed E-state index contributed by atoms with van der Waals surface area (Å²) in [6, 6.07) is 23.1. The Morgan fingerprint density at radius 1 is 0.868 bits per heavy atom. The number of carbonyl (C=O) groups excluding carboxylic acids is 2. The zero-order valence-electron chi connectivity index (χ0n) is 21.7. The Bertz CT molecular complexity index is 1180. The van der Waals surface area contributed by atoms with Crippen LogP contribution in [-0.2, 0) is 29.0 Å². The van der Waals surface area contributed by atoms with Gasteiger partial charge < -0.3 is 26.8 Å². The number of nitrogen functional groups attached to an aromatic ring is 1. The van der Waals surface area contributed by atoms with Crippen LogP contribution in [0.25, 0.3) is 0 Å². The maximum atomic E-state index is 13.1. The third-order valence-electron chi connectivity index (χ3n) is 6.33. The van der Waals surface area contributed by atoms with E-state index >= 15 is 0 Å². The molecule has 0 saturated heterocycles. The van der Waals surface area contributed by atoms with Crippen LogP contribution in [-0.4, -0.2) is 41.4 Å². The summed E-state index contributed by atoms with van der Waals surface area (Å²) in [6.45, 7) is 2.62. The molecule has 0 radical (unpaired) electrons. The topological polar surface area (TPSA) is 140 Å². The van der Waals surface area contributed by atoms with Crippen molar-refractivity contribution in [2.24, 2.45) is 5.73 Å². The maximum Gasteiger partial charge on any atom is 0.242 e. The number of phenolic OH excluding ortho intramolecular Hbond substituents is 1. The van der Waals surface area contributed by atoms with Gasteiger partial charge in [0, 0.05) is 12.1 Å². The Balaban J connectivity index is 1.51. The molecule has 0 aromatic heterocycles. The molecule has 7 N–H and O–H groups in total. The molecule has 0 saturated carbocycles. The molecule has 0 heterocycles. The number of phenols is 1. The summed E-state index contributed by atoms with van der Waals surface area (Å²) in [6.07, 6.45) is 3.00. The standard InChI is InChI=1S/C30H37N5O3/c1-21(29(37)34-20-24-9-14-25(15-10-24)28(31)32)35-30(38)27(18-13-22-6-3-2-4-7-22)33-19-5-8-23-11-16-26(36)17-12-23/h2-4,6-7,9-12,14-17,21,27,33,36H,5,8,13,18-20H2,1H3,(H3,31,32)(H,34,37)(H,35,38)/t21-,27+/m0/s1. The molecule has 0 fully saturated rings. The zero-order valence-corrected chi connectivity index (χ0v) is 21.7. The zero-order chi connectivity index (χ0) is 27.3. The van der Waals surface area contributed by atoms with E-state index in [0.717, 1.165) is 36.0 Å². The van der Waals surface area contributed by atoms with Crippen LogP contribution in [0, 0.1) is 5.41 Å². The van der Waals surface area contributed by atoms with E-state index in [1.54, 1.807) is 31.2 Å². The molecule has 3 aromatic rings. The van der Waals surface area contributed by atoms with Crippen LogP contribution in [0.5, 0.6) is 5.75 Å². The number of hydrogen-bond donors (Lipinski definition) is 6. The molecule has 0 aliphatic rings. The maximum absolute atomic E-state index is 13.1. The number of aryl methyl sites for hydroxylation is 2. The molecule has 38 heavy (non-hydrogen) atoms. The van der Waals surface area contributed by atoms with Gasteiger partial charge in [0.2, 0.25) is 11.8 Å². The number of rotatable bonds is 14. The molecule has 0 bridgehead atoms. The van der Waals surface area contributed by atoms with Gasteiger partial charge in [-0.05, 0) is 68.0 Å². The fourth-order valence-corrected chi connectivity index (χ4v) is 4.04. The molecule has 0 spiro atoms. The highest BCUT2D eigenvalue weighted by atomic mass is 16.3. The third-order valence-corrected chi connectivity index (χ3v) is 6.33. The van der Waals surface area contributed by atoms with Crippen LogP contribution in [0.3, 0.4) is 0 Å². The number of nitrogens with one attached hydrogen (secondary N) is 4. The Morgan fingerprint density at radius 2 is 1.50 bits per heavy atom. The van der Waals surface area contributed by atoms with E-state index in [9.17, 15) is 14.7 Å². The molecule has 0 aliphatic carbocycles. The molecule has 3 rings (SSSR count). The Morgan fingerprint density at radius 3 is 2.16 bits per heavy atom. The number of benzene rings is 3. The highest BCUT2D eigenvalue weighted by molar-refractivity contribution is 5.95. The fraction of sp³-hybridized carbons (Fsp3) is 0.300. The Hall–Kier alpha value is -4.17. The first kappa shape index (κ1) is 28.4. The van der Waals surface area contributed by atoms with Gasteiger partial charge in [-0.1, -0.05) is 66.7 Å². The van der Waals surface area contributed by atoms with Crippen LogP contribution in [0.2, 0.25) is 0 Å². The van der Waals surface area contributed by atoms with Crippen molar-refractivity contribution < 1.29 is 14.7 Å². The predicted molar refractivity (Wildman–Crippen MR) is 150 cm³/mol. The quantitative estimate of drug-likeness (QED) is 0.111. The van der Waals surface area contributed by atoms with Crippen molar-refractivity contribution in [2.75, 3.05) is 6.54 Å². The molecule has 2 amide bonds. The Labute approximate surface area is 224 Å². The molecular weight excluding hydrogens is 478 g/mol. The second-order valence-electron chi connectivity index (χ2n) is 9.36. The lowest BCUT2D eigenvalue weighted by Gasteiger charge is -2.21. The summed E-state index contributed by atoms with van der Waals surface area (Å²) in [4.78, 5) is 25.8. The van der Waals surface area contributed by atoms with Crippen molar-refractivity contribution in [3.63, 3.8) is 0 Å². The molecule has 8 nitrogen and oxygen atoms in total. The number of hydrogen-bond acceptors (Lipinski definition) is 5. The van der Waals surface area contributed by atoms with Crippen LogP contribution >= 0.6 is 0 Å². The number of amides is 2. The van der Waals surface area contributed by atoms with E-state index < -0.39 is 12.1 Å². The minimum atomic E-state index is -0.697. The summed E-state index contributed by atoms with van der Waals surface area (Å²) in [5.41, 5.74) is 9.25. The van der Waals surface area contributed by atoms with Crippen molar-refractivity contribution in [3.05, 3.63) is 101 Å². The monoisotopic (exact) mass is 515 g/mol. The van der Waals surface area contributed by atoms with E-state index in [0.29, 0.717) is 25.1 Å². The molecule has 8 heteroatoms. The van der Waals surface area contributed by atoms with Gasteiger partial charge >= 0.3 is 0 Å². The first-order valence-electron chi connectivity index (χ1n) is 12.9. The fourth-order valence-electron chi connectivity index (χ4n) is 4.04. The summed E-state index contributed by atoms with van der Waals surface area (Å²) in [5.74, 6) is -0.247. The predicted octanol–water partition coefficient (Wildman–Crippen LogP) is 3.02. The molecule has 0 aliphatic heterocycles. The number of carbonyl (C=O) groups is 2. The van der Waals surface area contributed by atoms with Crippen molar-refractivity contribution in [3.8, 4) is 5.75 Å². The number of nitrogens with two attached hydrogens (primary N) is 1. The molecular formula is C30H37N5O3. The van der Waals surface area contributed by atoms with Gasteiger partial charge in [-0.3, -0.25) is 15.0 Å². The second kappa shape index (κ2) is 14.5. The van der Waals surface area contributed by atoms with E-state index in [2.05, 4.69) is 16.0 Å². The summed E-state index contributed by atoms with van der Waals surface area (Å²) >= 11 is 0. The third kappa shape index (κ3) is 9.37. The lowest BCUT2D eigenvalue weighted by atomic mass is 10.0. The van der Waals surface area contributed by atoms with E-state index in [1.807, 2.05) is 54.6 Å². The molecule has 0 unspecified atom stereocenters. The van der Waals surface area contributed by atoms with Gasteiger partial charge in [0.15, 0.2) is 0 Å². The smallest absolute Gasteiger partial charge is 0.242 e. The first-order chi connectivity index (χ1) is 18.3. The SMILES string of the molecule is C[C@H](NC(=O)[C@@H](CCc1ccccc1)NCCCc1ccc(O)cc1)C(=O)NCc1ccc(C(=N)N)cc1. The molecule has 200 valence electrons. The van der Waals surface area contributed by atoms with Crippen LogP contribution < -0.4 is 21.7 Å². The summed E-state index contributed by atoms with van der Waals surface area (Å²) < 4.78 is 0. The van der Waals surface area contributed by atoms with E-state index in [-0.39, 0.29) is 23.4 Å². The minimum absolute atomic E-state index is 0.00676. The van der Waals surface area contributed by atoms with Crippen LogP contribution in [0.4, 0.5) is 0 Å². The normalized spacial score (nSPS) is 12.3. The average Bonchev–Trinajstić information content (AvgIpc) is 2.92. The second-order valence-corrected chi connectivity index (χ2v) is 9.36. The van der Waals surface area contributed by atoms with Gasteiger partial charge in [0.05, 0.1) is 6.04 Å². The van der Waals surface area contributed by atoms with Crippen molar-refractivity contribution in [2.45, 2.75) is 51.2 Å². The van der Waals surface area contributed by atoms with Gasteiger partial charge in [0.25, 0.3) is 0 Å². The van der Waals surface area contributed by atoms with E-state index in [1.165, 1.54) is 0 Å². The van der Waals surface area contributed by atoms with Crippen LogP contribution in [0.1, 0.15) is 42.0 Å². The highest BCUT2D eigenvalue weighted by Gasteiger charge is 2.22. The van der Waals surface area contributed by atoms with Crippen molar-refractivity contribution in [1.29, 1.82) is 5.41 Å². The summed E-state index contributed by atoms with van der Waals surface area (Å²) in [7, 11) is 0. The molecule has 3 aromatic carbocycles. The number of aromatic hydroxyl groups is 1.